The van der Waals surface area contributed by atoms with Gasteiger partial charge in [0.25, 0.3) is 0 Å². The second-order valence-electron chi connectivity index (χ2n) is 7.30. The van der Waals surface area contributed by atoms with E-state index in [2.05, 4.69) is 56.6 Å². The second-order valence-corrected chi connectivity index (χ2v) is 8.09. The van der Waals surface area contributed by atoms with Crippen molar-refractivity contribution in [2.75, 3.05) is 6.61 Å². The first-order valence-corrected chi connectivity index (χ1v) is 9.21. The molecule has 2 rings (SSSR count). The van der Waals surface area contributed by atoms with Crippen LogP contribution in [0, 0.1) is 5.92 Å². The Morgan fingerprint density at radius 3 is 2.57 bits per heavy atom. The molecule has 0 saturated carbocycles. The molecule has 0 amide bonds. The fourth-order valence-corrected chi connectivity index (χ4v) is 4.33. The Labute approximate surface area is 148 Å². The Balaban J connectivity index is 2.76. The van der Waals surface area contributed by atoms with E-state index in [0.29, 0.717) is 23.8 Å². The number of benzene rings is 1. The van der Waals surface area contributed by atoms with E-state index in [1.807, 2.05) is 6.07 Å². The topological polar surface area (TPSA) is 26.3 Å². The van der Waals surface area contributed by atoms with Gasteiger partial charge in [0.1, 0.15) is 5.75 Å². The summed E-state index contributed by atoms with van der Waals surface area (Å²) in [6.45, 7) is 13.2. The molecule has 126 valence electrons. The predicted molar refractivity (Wildman–Crippen MR) is 100 cm³/mol. The Morgan fingerprint density at radius 2 is 2.04 bits per heavy atom. The molecule has 0 N–H and O–H groups in total. The average Bonchev–Trinajstić information content (AvgIpc) is 2.44. The van der Waals surface area contributed by atoms with Gasteiger partial charge in [-0.3, -0.25) is 4.79 Å². The number of carbonyl (C=O) groups is 1. The summed E-state index contributed by atoms with van der Waals surface area (Å²) in [6, 6.07) is 2.04. The third-order valence-electron chi connectivity index (χ3n) is 4.49. The van der Waals surface area contributed by atoms with Crippen LogP contribution in [0.4, 0.5) is 0 Å². The van der Waals surface area contributed by atoms with Gasteiger partial charge in [0, 0.05) is 0 Å². The number of rotatable bonds is 5. The lowest BCUT2D eigenvalue weighted by molar-refractivity contribution is 0.101. The second kappa shape index (κ2) is 6.80. The van der Waals surface area contributed by atoms with Crippen LogP contribution in [0.3, 0.4) is 0 Å². The van der Waals surface area contributed by atoms with E-state index in [9.17, 15) is 4.79 Å². The van der Waals surface area contributed by atoms with Gasteiger partial charge in [0.2, 0.25) is 0 Å². The molecule has 2 nitrogen and oxygen atoms in total. The maximum absolute atomic E-state index is 12.2. The number of hydrogen-bond acceptors (Lipinski definition) is 2. The highest BCUT2D eigenvalue weighted by Gasteiger charge is 2.34. The number of ether oxygens (including phenoxy) is 1. The molecule has 1 aliphatic rings. The zero-order chi connectivity index (χ0) is 17.4. The van der Waals surface area contributed by atoms with Crippen LogP contribution in [0.25, 0.3) is 5.57 Å². The molecule has 0 aromatic heterocycles. The minimum Gasteiger partial charge on any atom is -0.492 e. The monoisotopic (exact) mass is 378 g/mol. The number of ketones is 1. The molecule has 3 heteroatoms. The van der Waals surface area contributed by atoms with E-state index in [1.54, 1.807) is 6.92 Å². The van der Waals surface area contributed by atoms with E-state index >= 15 is 0 Å². The van der Waals surface area contributed by atoms with Gasteiger partial charge in [-0.2, -0.15) is 0 Å². The number of allylic oxidation sites excluding steroid dienone is 2. The molecule has 0 bridgehead atoms. The maximum atomic E-state index is 12.2. The predicted octanol–water partition coefficient (Wildman–Crippen LogP) is 6.16. The van der Waals surface area contributed by atoms with Crippen LogP contribution in [-0.4, -0.2) is 12.4 Å². The summed E-state index contributed by atoms with van der Waals surface area (Å²) in [4.78, 5) is 12.2. The van der Waals surface area contributed by atoms with Crippen molar-refractivity contribution >= 4 is 27.3 Å². The summed E-state index contributed by atoms with van der Waals surface area (Å²) >= 11 is 3.76. The quantitative estimate of drug-likeness (QED) is 0.573. The molecule has 1 aromatic carbocycles. The summed E-state index contributed by atoms with van der Waals surface area (Å²) in [7, 11) is 0. The van der Waals surface area contributed by atoms with E-state index < -0.39 is 0 Å². The smallest absolute Gasteiger partial charge is 0.163 e. The van der Waals surface area contributed by atoms with Crippen molar-refractivity contribution in [3.05, 3.63) is 33.3 Å². The van der Waals surface area contributed by atoms with Crippen LogP contribution < -0.4 is 4.74 Å². The molecular formula is C20H27BrO2. The summed E-state index contributed by atoms with van der Waals surface area (Å²) in [5.41, 5.74) is 4.47. The Kier molecular flexibility index (Phi) is 5.40. The van der Waals surface area contributed by atoms with Crippen molar-refractivity contribution in [2.24, 2.45) is 5.92 Å². The largest absolute Gasteiger partial charge is 0.492 e. The molecule has 0 atom stereocenters. The van der Waals surface area contributed by atoms with Crippen LogP contribution in [0.1, 0.15) is 75.9 Å². The van der Waals surface area contributed by atoms with E-state index in [0.717, 1.165) is 17.3 Å². The van der Waals surface area contributed by atoms with Crippen molar-refractivity contribution in [2.45, 2.75) is 59.8 Å². The van der Waals surface area contributed by atoms with E-state index in [1.165, 1.54) is 16.7 Å². The fourth-order valence-electron chi connectivity index (χ4n) is 3.25. The van der Waals surface area contributed by atoms with Crippen LogP contribution in [0.2, 0.25) is 0 Å². The molecule has 0 unspecified atom stereocenters. The Bertz CT molecular complexity index is 654. The average molecular weight is 379 g/mol. The molecule has 0 heterocycles. The minimum absolute atomic E-state index is 0.0200. The van der Waals surface area contributed by atoms with Gasteiger partial charge >= 0.3 is 0 Å². The van der Waals surface area contributed by atoms with Crippen LogP contribution in [0.5, 0.6) is 5.75 Å². The molecule has 0 spiro atoms. The first-order chi connectivity index (χ1) is 10.7. The van der Waals surface area contributed by atoms with Crippen LogP contribution in [-0.2, 0) is 5.41 Å². The van der Waals surface area contributed by atoms with Gasteiger partial charge in [0.05, 0.1) is 16.6 Å². The zero-order valence-corrected chi connectivity index (χ0v) is 16.6. The summed E-state index contributed by atoms with van der Waals surface area (Å²) in [6.07, 6.45) is 4.25. The molecule has 0 radical (unpaired) electrons. The third-order valence-corrected chi connectivity index (χ3v) is 5.25. The number of Topliss-reactive ketones (excluding diaryl/α,β-unsaturated/α-hetero) is 1. The molecule has 0 saturated heterocycles. The molecule has 1 aliphatic carbocycles. The van der Waals surface area contributed by atoms with Gasteiger partial charge < -0.3 is 4.74 Å². The lowest BCUT2D eigenvalue weighted by Gasteiger charge is -2.35. The van der Waals surface area contributed by atoms with Gasteiger partial charge in [-0.1, -0.05) is 40.7 Å². The van der Waals surface area contributed by atoms with Gasteiger partial charge in [-0.15, -0.1) is 0 Å². The van der Waals surface area contributed by atoms with Gasteiger partial charge in [-0.25, -0.2) is 0 Å². The van der Waals surface area contributed by atoms with Crippen molar-refractivity contribution in [1.29, 1.82) is 0 Å². The summed E-state index contributed by atoms with van der Waals surface area (Å²) < 4.78 is 6.90. The first-order valence-electron chi connectivity index (χ1n) is 8.41. The van der Waals surface area contributed by atoms with Crippen LogP contribution >= 0.6 is 15.9 Å². The highest BCUT2D eigenvalue weighted by atomic mass is 79.9. The zero-order valence-electron chi connectivity index (χ0n) is 15.0. The van der Waals surface area contributed by atoms with Crippen molar-refractivity contribution in [3.63, 3.8) is 0 Å². The third kappa shape index (κ3) is 3.40. The van der Waals surface area contributed by atoms with Crippen LogP contribution in [0.15, 0.2) is 16.6 Å². The van der Waals surface area contributed by atoms with Gasteiger partial charge in [0.15, 0.2) is 5.78 Å². The van der Waals surface area contributed by atoms with Gasteiger partial charge in [-0.05, 0) is 69.8 Å². The summed E-state index contributed by atoms with van der Waals surface area (Å²) in [5, 5.41) is 0. The van der Waals surface area contributed by atoms with Crippen molar-refractivity contribution < 1.29 is 9.53 Å². The maximum Gasteiger partial charge on any atom is 0.163 e. The van der Waals surface area contributed by atoms with E-state index in [4.69, 9.17) is 4.74 Å². The highest BCUT2D eigenvalue weighted by Crippen LogP contribution is 2.49. The van der Waals surface area contributed by atoms with Crippen molar-refractivity contribution in [1.82, 2.24) is 0 Å². The standard InChI is InChI=1S/C20H27BrO2/c1-7-10-23-19-15(13(4)22)11-16-14(12(2)3)8-9-20(5,6)17(16)18(19)21/h8,11-12H,7,9-10H2,1-6H3. The normalized spacial score (nSPS) is 16.1. The number of fused-ring (bicyclic) bond motifs is 1. The highest BCUT2D eigenvalue weighted by molar-refractivity contribution is 9.10. The minimum atomic E-state index is 0.0200. The Hall–Kier alpha value is -1.09. The molecule has 0 fully saturated rings. The number of hydrogen-bond donors (Lipinski definition) is 0. The van der Waals surface area contributed by atoms with E-state index in [-0.39, 0.29) is 11.2 Å². The first kappa shape index (κ1) is 18.3. The molecule has 0 aliphatic heterocycles. The SMILES string of the molecule is CCCOc1c(C(C)=O)cc2c(c1Br)C(C)(C)CC=C2C(C)C. The number of carbonyl (C=O) groups excluding carboxylic acids is 1. The number of halogens is 1. The Morgan fingerprint density at radius 1 is 1.39 bits per heavy atom. The molecule has 23 heavy (non-hydrogen) atoms. The molecular weight excluding hydrogens is 352 g/mol. The molecule has 1 aromatic rings. The lowest BCUT2D eigenvalue weighted by atomic mass is 9.71. The lowest BCUT2D eigenvalue weighted by Crippen LogP contribution is -2.24. The fraction of sp³-hybridized carbons (Fsp3) is 0.550. The summed E-state index contributed by atoms with van der Waals surface area (Å²) in [5.74, 6) is 1.18. The van der Waals surface area contributed by atoms with Crippen molar-refractivity contribution in [3.8, 4) is 5.75 Å².